The van der Waals surface area contributed by atoms with Gasteiger partial charge in [-0.25, -0.2) is 0 Å². The molecule has 0 aromatic rings. The second kappa shape index (κ2) is 4.07. The zero-order valence-electron chi connectivity index (χ0n) is 7.71. The molecular weight excluding hydrogens is 136 g/mol. The summed E-state index contributed by atoms with van der Waals surface area (Å²) in [6.07, 6.45) is 2.70. The summed E-state index contributed by atoms with van der Waals surface area (Å²) in [5.41, 5.74) is 5.51. The van der Waals surface area contributed by atoms with Crippen molar-refractivity contribution < 1.29 is 0 Å². The van der Waals surface area contributed by atoms with E-state index in [2.05, 4.69) is 18.7 Å². The number of rotatable bonds is 2. The molecule has 0 saturated carbocycles. The predicted octanol–water partition coefficient (Wildman–Crippen LogP) is 1.07. The molecule has 2 N–H and O–H groups in total. The molecule has 0 aliphatic carbocycles. The Hall–Kier alpha value is -0.0800. The Balaban J connectivity index is 2.31. The summed E-state index contributed by atoms with van der Waals surface area (Å²) in [5, 5.41) is 0. The Morgan fingerprint density at radius 3 is 2.73 bits per heavy atom. The highest BCUT2D eigenvalue weighted by atomic mass is 15.2. The monoisotopic (exact) mass is 156 g/mol. The van der Waals surface area contributed by atoms with Crippen molar-refractivity contribution in [2.24, 2.45) is 11.7 Å². The average Bonchev–Trinajstić information content (AvgIpc) is 1.95. The third kappa shape index (κ3) is 2.46. The lowest BCUT2D eigenvalue weighted by Gasteiger charge is -2.36. The third-order valence-corrected chi connectivity index (χ3v) is 2.69. The molecule has 2 atom stereocenters. The number of nitrogens with two attached hydrogens (primary N) is 1. The van der Waals surface area contributed by atoms with E-state index in [1.807, 2.05) is 0 Å². The molecule has 1 rings (SSSR count). The van der Waals surface area contributed by atoms with Gasteiger partial charge in [-0.2, -0.15) is 0 Å². The SMILES string of the molecule is CC1CCN(CCN)C(C)C1. The van der Waals surface area contributed by atoms with Gasteiger partial charge in [0.05, 0.1) is 0 Å². The van der Waals surface area contributed by atoms with Crippen LogP contribution in [0, 0.1) is 5.92 Å². The Morgan fingerprint density at radius 1 is 1.45 bits per heavy atom. The lowest BCUT2D eigenvalue weighted by Crippen LogP contribution is -2.42. The van der Waals surface area contributed by atoms with Gasteiger partial charge in [-0.3, -0.25) is 4.90 Å². The number of hydrogen-bond acceptors (Lipinski definition) is 2. The molecule has 2 nitrogen and oxygen atoms in total. The van der Waals surface area contributed by atoms with Gasteiger partial charge in [0.15, 0.2) is 0 Å². The minimum Gasteiger partial charge on any atom is -0.329 e. The van der Waals surface area contributed by atoms with E-state index in [9.17, 15) is 0 Å². The van der Waals surface area contributed by atoms with E-state index in [1.165, 1.54) is 19.4 Å². The molecule has 2 unspecified atom stereocenters. The summed E-state index contributed by atoms with van der Waals surface area (Å²) < 4.78 is 0. The van der Waals surface area contributed by atoms with Crippen LogP contribution in [0.1, 0.15) is 26.7 Å². The van der Waals surface area contributed by atoms with Crippen LogP contribution in [-0.4, -0.2) is 30.6 Å². The van der Waals surface area contributed by atoms with Crippen LogP contribution in [0.25, 0.3) is 0 Å². The van der Waals surface area contributed by atoms with E-state index < -0.39 is 0 Å². The number of piperidine rings is 1. The molecule has 0 spiro atoms. The van der Waals surface area contributed by atoms with Crippen LogP contribution in [-0.2, 0) is 0 Å². The number of hydrogen-bond donors (Lipinski definition) is 1. The van der Waals surface area contributed by atoms with Crippen molar-refractivity contribution in [3.05, 3.63) is 0 Å². The maximum Gasteiger partial charge on any atom is 0.0107 e. The van der Waals surface area contributed by atoms with Gasteiger partial charge in [0, 0.05) is 19.1 Å². The van der Waals surface area contributed by atoms with Crippen molar-refractivity contribution in [2.75, 3.05) is 19.6 Å². The Bertz CT molecular complexity index is 114. The van der Waals surface area contributed by atoms with Crippen LogP contribution in [0.3, 0.4) is 0 Å². The standard InChI is InChI=1S/C9H20N2/c1-8-3-5-11(6-4-10)9(2)7-8/h8-9H,3-7,10H2,1-2H3. The van der Waals surface area contributed by atoms with E-state index in [0.29, 0.717) is 0 Å². The first-order valence-electron chi connectivity index (χ1n) is 4.68. The summed E-state index contributed by atoms with van der Waals surface area (Å²) >= 11 is 0. The maximum absolute atomic E-state index is 5.51. The fourth-order valence-electron chi connectivity index (χ4n) is 1.95. The van der Waals surface area contributed by atoms with Gasteiger partial charge in [-0.15, -0.1) is 0 Å². The zero-order valence-corrected chi connectivity index (χ0v) is 7.71. The van der Waals surface area contributed by atoms with E-state index >= 15 is 0 Å². The summed E-state index contributed by atoms with van der Waals surface area (Å²) in [6, 6.07) is 0.752. The first-order valence-corrected chi connectivity index (χ1v) is 4.68. The van der Waals surface area contributed by atoms with Crippen LogP contribution in [0.5, 0.6) is 0 Å². The topological polar surface area (TPSA) is 29.3 Å². The summed E-state index contributed by atoms with van der Waals surface area (Å²) in [6.45, 7) is 7.79. The quantitative estimate of drug-likeness (QED) is 0.648. The van der Waals surface area contributed by atoms with E-state index in [0.717, 1.165) is 25.0 Å². The Kier molecular flexibility index (Phi) is 3.34. The Morgan fingerprint density at radius 2 is 2.18 bits per heavy atom. The predicted molar refractivity (Wildman–Crippen MR) is 48.5 cm³/mol. The normalized spacial score (nSPS) is 34.1. The summed E-state index contributed by atoms with van der Waals surface area (Å²) in [5.74, 6) is 0.916. The van der Waals surface area contributed by atoms with Crippen LogP contribution >= 0.6 is 0 Å². The fourth-order valence-corrected chi connectivity index (χ4v) is 1.95. The molecule has 0 aromatic heterocycles. The first kappa shape index (κ1) is 9.01. The van der Waals surface area contributed by atoms with Crippen LogP contribution in [0.4, 0.5) is 0 Å². The van der Waals surface area contributed by atoms with E-state index in [-0.39, 0.29) is 0 Å². The second-order valence-electron chi connectivity index (χ2n) is 3.80. The van der Waals surface area contributed by atoms with Crippen molar-refractivity contribution in [2.45, 2.75) is 32.7 Å². The summed E-state index contributed by atoms with van der Waals surface area (Å²) in [7, 11) is 0. The Labute approximate surface area is 69.8 Å². The van der Waals surface area contributed by atoms with Gasteiger partial charge in [0.2, 0.25) is 0 Å². The summed E-state index contributed by atoms with van der Waals surface area (Å²) in [4.78, 5) is 2.50. The maximum atomic E-state index is 5.51. The first-order chi connectivity index (χ1) is 5.24. The average molecular weight is 156 g/mol. The van der Waals surface area contributed by atoms with Gasteiger partial charge in [0.25, 0.3) is 0 Å². The van der Waals surface area contributed by atoms with E-state index in [4.69, 9.17) is 5.73 Å². The molecule has 1 heterocycles. The third-order valence-electron chi connectivity index (χ3n) is 2.69. The molecule has 0 aromatic carbocycles. The molecular formula is C9H20N2. The number of likely N-dealkylation sites (tertiary alicyclic amines) is 1. The lowest BCUT2D eigenvalue weighted by atomic mass is 9.93. The van der Waals surface area contributed by atoms with Gasteiger partial charge in [-0.05, 0) is 32.2 Å². The minimum absolute atomic E-state index is 0.752. The van der Waals surface area contributed by atoms with Gasteiger partial charge in [-0.1, -0.05) is 6.92 Å². The highest BCUT2D eigenvalue weighted by molar-refractivity contribution is 4.76. The highest BCUT2D eigenvalue weighted by Gasteiger charge is 2.21. The smallest absolute Gasteiger partial charge is 0.0107 e. The lowest BCUT2D eigenvalue weighted by molar-refractivity contribution is 0.133. The van der Waals surface area contributed by atoms with Gasteiger partial charge < -0.3 is 5.73 Å². The minimum atomic E-state index is 0.752. The highest BCUT2D eigenvalue weighted by Crippen LogP contribution is 2.21. The molecule has 1 aliphatic heterocycles. The van der Waals surface area contributed by atoms with Gasteiger partial charge in [0.1, 0.15) is 0 Å². The molecule has 11 heavy (non-hydrogen) atoms. The molecule has 66 valence electrons. The van der Waals surface area contributed by atoms with Crippen molar-refractivity contribution in [3.63, 3.8) is 0 Å². The zero-order chi connectivity index (χ0) is 8.27. The molecule has 1 fully saturated rings. The van der Waals surface area contributed by atoms with Crippen molar-refractivity contribution in [3.8, 4) is 0 Å². The van der Waals surface area contributed by atoms with Crippen LogP contribution < -0.4 is 5.73 Å². The van der Waals surface area contributed by atoms with Crippen LogP contribution in [0.15, 0.2) is 0 Å². The second-order valence-corrected chi connectivity index (χ2v) is 3.80. The fraction of sp³-hybridized carbons (Fsp3) is 1.00. The van der Waals surface area contributed by atoms with Crippen molar-refractivity contribution >= 4 is 0 Å². The van der Waals surface area contributed by atoms with E-state index in [1.54, 1.807) is 0 Å². The van der Waals surface area contributed by atoms with Gasteiger partial charge >= 0.3 is 0 Å². The molecule has 0 radical (unpaired) electrons. The molecule has 2 heteroatoms. The molecule has 1 aliphatic rings. The molecule has 1 saturated heterocycles. The van der Waals surface area contributed by atoms with Crippen molar-refractivity contribution in [1.82, 2.24) is 4.90 Å². The molecule has 0 amide bonds. The van der Waals surface area contributed by atoms with Crippen molar-refractivity contribution in [1.29, 1.82) is 0 Å². The van der Waals surface area contributed by atoms with Crippen LogP contribution in [0.2, 0.25) is 0 Å². The molecule has 0 bridgehead atoms. The largest absolute Gasteiger partial charge is 0.329 e. The number of nitrogens with zero attached hydrogens (tertiary/aromatic N) is 1.